The maximum atomic E-state index is 12.8. The smallest absolute Gasteiger partial charge is 0.243 e. The molecule has 178 valence electrons. The van der Waals surface area contributed by atoms with Crippen LogP contribution in [0.3, 0.4) is 0 Å². The first-order valence-electron chi connectivity index (χ1n) is 11.0. The number of rotatable bonds is 8. The van der Waals surface area contributed by atoms with Crippen LogP contribution in [-0.2, 0) is 14.8 Å². The highest BCUT2D eigenvalue weighted by molar-refractivity contribution is 7.89. The van der Waals surface area contributed by atoms with E-state index in [0.717, 1.165) is 24.3 Å². The lowest BCUT2D eigenvalue weighted by molar-refractivity contribution is -0.116. The predicted octanol–water partition coefficient (Wildman–Crippen LogP) is 3.22. The molecule has 1 amide bonds. The number of para-hydroxylation sites is 2. The third-order valence-electron chi connectivity index (χ3n) is 5.72. The molecular weight excluding hydrogens is 466 g/mol. The van der Waals surface area contributed by atoms with Crippen molar-refractivity contribution in [3.8, 4) is 11.5 Å². The highest BCUT2D eigenvalue weighted by Gasteiger charge is 2.28. The van der Waals surface area contributed by atoms with Crippen molar-refractivity contribution in [2.75, 3.05) is 45.2 Å². The second-order valence-electron chi connectivity index (χ2n) is 8.31. The SMILES string of the molecule is CN(CCC(=O)Nc1cc(S(=O)(=O)N2CCCC2)ccc1Cl)CC1COc2ccccc2O1. The number of likely N-dealkylation sites (N-methyl/N-ethyl adjacent to an activating group) is 1. The zero-order valence-corrected chi connectivity index (χ0v) is 20.1. The number of anilines is 1. The van der Waals surface area contributed by atoms with Gasteiger partial charge in [-0.25, -0.2) is 8.42 Å². The molecular formula is C23H28ClN3O5S. The molecule has 0 spiro atoms. The van der Waals surface area contributed by atoms with E-state index in [2.05, 4.69) is 5.32 Å². The van der Waals surface area contributed by atoms with Gasteiger partial charge in [0.15, 0.2) is 11.5 Å². The summed E-state index contributed by atoms with van der Waals surface area (Å²) in [6.45, 7) is 2.57. The van der Waals surface area contributed by atoms with E-state index in [4.69, 9.17) is 21.1 Å². The van der Waals surface area contributed by atoms with Crippen LogP contribution in [0.5, 0.6) is 11.5 Å². The second kappa shape index (κ2) is 10.3. The third kappa shape index (κ3) is 5.78. The highest BCUT2D eigenvalue weighted by Crippen LogP contribution is 2.31. The van der Waals surface area contributed by atoms with E-state index in [1.165, 1.54) is 22.5 Å². The summed E-state index contributed by atoms with van der Waals surface area (Å²) in [7, 11) is -1.68. The van der Waals surface area contributed by atoms with Crippen molar-refractivity contribution in [2.45, 2.75) is 30.3 Å². The zero-order valence-electron chi connectivity index (χ0n) is 18.5. The van der Waals surface area contributed by atoms with Gasteiger partial charge in [-0.1, -0.05) is 23.7 Å². The summed E-state index contributed by atoms with van der Waals surface area (Å²) >= 11 is 6.22. The van der Waals surface area contributed by atoms with Gasteiger partial charge >= 0.3 is 0 Å². The Bertz CT molecular complexity index is 1110. The van der Waals surface area contributed by atoms with Crippen molar-refractivity contribution in [3.63, 3.8) is 0 Å². The lowest BCUT2D eigenvalue weighted by atomic mass is 10.2. The van der Waals surface area contributed by atoms with Crippen LogP contribution in [0.4, 0.5) is 5.69 Å². The van der Waals surface area contributed by atoms with Crippen LogP contribution >= 0.6 is 11.6 Å². The maximum Gasteiger partial charge on any atom is 0.243 e. The quantitative estimate of drug-likeness (QED) is 0.607. The van der Waals surface area contributed by atoms with E-state index in [1.807, 2.05) is 36.2 Å². The van der Waals surface area contributed by atoms with Gasteiger partial charge in [0.1, 0.15) is 12.7 Å². The fourth-order valence-corrected chi connectivity index (χ4v) is 5.64. The molecule has 8 nitrogen and oxygen atoms in total. The molecule has 0 aromatic heterocycles. The van der Waals surface area contributed by atoms with Crippen LogP contribution in [-0.4, -0.2) is 69.5 Å². The first-order valence-corrected chi connectivity index (χ1v) is 12.8. The van der Waals surface area contributed by atoms with E-state index < -0.39 is 10.0 Å². The first kappa shape index (κ1) is 23.8. The van der Waals surface area contributed by atoms with Crippen LogP contribution in [0.15, 0.2) is 47.4 Å². The highest BCUT2D eigenvalue weighted by atomic mass is 35.5. The minimum Gasteiger partial charge on any atom is -0.486 e. The fraction of sp³-hybridized carbons (Fsp3) is 0.435. The molecule has 1 saturated heterocycles. The van der Waals surface area contributed by atoms with Gasteiger partial charge in [-0.3, -0.25) is 4.79 Å². The van der Waals surface area contributed by atoms with Crippen molar-refractivity contribution < 1.29 is 22.7 Å². The minimum absolute atomic E-state index is 0.130. The van der Waals surface area contributed by atoms with Gasteiger partial charge in [0.05, 0.1) is 15.6 Å². The molecule has 0 saturated carbocycles. The number of carbonyl (C=O) groups excluding carboxylic acids is 1. The summed E-state index contributed by atoms with van der Waals surface area (Å²) in [5.74, 6) is 1.21. The van der Waals surface area contributed by atoms with Gasteiger partial charge in [-0.15, -0.1) is 0 Å². The normalized spacial score (nSPS) is 18.5. The molecule has 33 heavy (non-hydrogen) atoms. The van der Waals surface area contributed by atoms with Crippen molar-refractivity contribution in [1.29, 1.82) is 0 Å². The van der Waals surface area contributed by atoms with Crippen molar-refractivity contribution in [2.24, 2.45) is 0 Å². The van der Waals surface area contributed by atoms with Crippen LogP contribution in [0.25, 0.3) is 0 Å². The molecule has 4 rings (SSSR count). The van der Waals surface area contributed by atoms with Crippen molar-refractivity contribution in [3.05, 3.63) is 47.5 Å². The maximum absolute atomic E-state index is 12.8. The van der Waals surface area contributed by atoms with E-state index in [-0.39, 0.29) is 23.3 Å². The van der Waals surface area contributed by atoms with Crippen molar-refractivity contribution in [1.82, 2.24) is 9.21 Å². The number of hydrogen-bond donors (Lipinski definition) is 1. The van der Waals surface area contributed by atoms with Gasteiger partial charge in [-0.05, 0) is 50.2 Å². The monoisotopic (exact) mass is 493 g/mol. The number of ether oxygens (including phenoxy) is 2. The second-order valence-corrected chi connectivity index (χ2v) is 10.7. The Morgan fingerprint density at radius 1 is 1.18 bits per heavy atom. The number of benzene rings is 2. The summed E-state index contributed by atoms with van der Waals surface area (Å²) in [5.41, 5.74) is 0.296. The van der Waals surface area contributed by atoms with Crippen LogP contribution in [0, 0.1) is 0 Å². The van der Waals surface area contributed by atoms with E-state index in [0.29, 0.717) is 43.5 Å². The van der Waals surface area contributed by atoms with Gasteiger partial charge in [0.25, 0.3) is 0 Å². The molecule has 0 bridgehead atoms. The van der Waals surface area contributed by atoms with Crippen molar-refractivity contribution >= 4 is 33.2 Å². The Hall–Kier alpha value is -2.33. The molecule has 2 aliphatic heterocycles. The Balaban J connectivity index is 1.30. The number of fused-ring (bicyclic) bond motifs is 1. The Kier molecular flexibility index (Phi) is 7.43. The summed E-state index contributed by atoms with van der Waals surface area (Å²) in [6, 6.07) is 12.0. The minimum atomic E-state index is -3.59. The van der Waals surface area contributed by atoms with Gasteiger partial charge in [0, 0.05) is 32.6 Å². The van der Waals surface area contributed by atoms with E-state index in [1.54, 1.807) is 0 Å². The summed E-state index contributed by atoms with van der Waals surface area (Å²) in [4.78, 5) is 14.7. The molecule has 2 aromatic carbocycles. The number of nitrogens with one attached hydrogen (secondary N) is 1. The summed E-state index contributed by atoms with van der Waals surface area (Å²) < 4.78 is 38.8. The molecule has 1 unspecified atom stereocenters. The molecule has 2 aromatic rings. The zero-order chi connectivity index (χ0) is 23.4. The number of halogens is 1. The van der Waals surface area contributed by atoms with Gasteiger partial charge in [-0.2, -0.15) is 4.31 Å². The van der Waals surface area contributed by atoms with E-state index in [9.17, 15) is 13.2 Å². The molecule has 2 aliphatic rings. The first-order chi connectivity index (χ1) is 15.8. The lowest BCUT2D eigenvalue weighted by Crippen LogP contribution is -2.40. The average Bonchev–Trinajstić information content (AvgIpc) is 3.35. The Morgan fingerprint density at radius 3 is 2.67 bits per heavy atom. The topological polar surface area (TPSA) is 88.2 Å². The summed E-state index contributed by atoms with van der Waals surface area (Å²) in [5, 5.41) is 3.04. The Morgan fingerprint density at radius 2 is 1.91 bits per heavy atom. The van der Waals surface area contributed by atoms with E-state index >= 15 is 0 Å². The molecule has 0 radical (unpaired) electrons. The number of hydrogen-bond acceptors (Lipinski definition) is 6. The van der Waals surface area contributed by atoms with Crippen LogP contribution in [0.2, 0.25) is 5.02 Å². The fourth-order valence-electron chi connectivity index (χ4n) is 3.94. The largest absolute Gasteiger partial charge is 0.486 e. The predicted molar refractivity (Wildman–Crippen MR) is 127 cm³/mol. The molecule has 1 N–H and O–H groups in total. The van der Waals surface area contributed by atoms with Crippen LogP contribution in [0.1, 0.15) is 19.3 Å². The standard InChI is InChI=1S/C23H28ClN3O5S/c1-26(15-17-16-31-21-6-2-3-7-22(21)32-17)13-10-23(28)25-20-14-18(8-9-19(20)24)33(29,30)27-11-4-5-12-27/h2-3,6-9,14,17H,4-5,10-13,15-16H2,1H3,(H,25,28). The molecule has 0 aliphatic carbocycles. The molecule has 1 fully saturated rings. The Labute approximate surface area is 199 Å². The lowest BCUT2D eigenvalue weighted by Gasteiger charge is -2.29. The number of sulfonamides is 1. The van der Waals surface area contributed by atoms with Crippen LogP contribution < -0.4 is 14.8 Å². The average molecular weight is 494 g/mol. The van der Waals surface area contributed by atoms with Gasteiger partial charge in [0.2, 0.25) is 15.9 Å². The third-order valence-corrected chi connectivity index (χ3v) is 7.94. The molecule has 1 atom stereocenters. The summed E-state index contributed by atoms with van der Waals surface area (Å²) in [6.07, 6.45) is 1.80. The number of amides is 1. The molecule has 10 heteroatoms. The molecule has 2 heterocycles. The number of nitrogens with zero attached hydrogens (tertiary/aromatic N) is 2. The number of carbonyl (C=O) groups is 1. The van der Waals surface area contributed by atoms with Gasteiger partial charge < -0.3 is 19.7 Å².